The molecule has 0 saturated heterocycles. The van der Waals surface area contributed by atoms with E-state index in [0.29, 0.717) is 0 Å². The van der Waals surface area contributed by atoms with Gasteiger partial charge in [0.2, 0.25) is 0 Å². The maximum Gasteiger partial charge on any atom is 0.330 e. The van der Waals surface area contributed by atoms with Crippen molar-refractivity contribution in [2.24, 2.45) is 0 Å². The highest BCUT2D eigenvalue weighted by molar-refractivity contribution is 6.47. The average molecular weight is 398 g/mol. The maximum atomic E-state index is 6.15. The molecule has 4 rings (SSSR count). The van der Waals surface area contributed by atoms with Gasteiger partial charge in [-0.15, -0.1) is 0 Å². The van der Waals surface area contributed by atoms with E-state index in [1.165, 1.54) is 27.4 Å². The second kappa shape index (κ2) is 7.94. The Bertz CT molecular complexity index is 1120. The summed E-state index contributed by atoms with van der Waals surface area (Å²) >= 11 is 0. The van der Waals surface area contributed by atoms with E-state index in [1.54, 1.807) is 7.11 Å². The van der Waals surface area contributed by atoms with Gasteiger partial charge in [-0.1, -0.05) is 66.1 Å². The quantitative estimate of drug-likeness (QED) is 0.394. The molecule has 0 N–H and O–H groups in total. The molecular formula is C26H29BNO2. The molecule has 0 amide bonds. The molecule has 0 saturated carbocycles. The molecule has 0 spiro atoms. The van der Waals surface area contributed by atoms with Crippen LogP contribution in [0.4, 0.5) is 0 Å². The smallest absolute Gasteiger partial charge is 0.330 e. The lowest BCUT2D eigenvalue weighted by atomic mass is 9.82. The van der Waals surface area contributed by atoms with E-state index in [0.717, 1.165) is 12.0 Å². The Kier molecular flexibility index (Phi) is 5.48. The highest BCUT2D eigenvalue weighted by Crippen LogP contribution is 2.30. The van der Waals surface area contributed by atoms with Gasteiger partial charge in [0.25, 0.3) is 0 Å². The Morgan fingerprint density at radius 1 is 0.767 bits per heavy atom. The number of methoxy groups -OCH3 is 1. The van der Waals surface area contributed by atoms with Gasteiger partial charge in [0.1, 0.15) is 0 Å². The number of ether oxygens (including phenoxy) is 1. The molecule has 1 aromatic heterocycles. The molecule has 0 aliphatic heterocycles. The minimum absolute atomic E-state index is 0.399. The van der Waals surface area contributed by atoms with Crippen LogP contribution >= 0.6 is 0 Å². The third-order valence-corrected chi connectivity index (χ3v) is 6.42. The summed E-state index contributed by atoms with van der Waals surface area (Å²) < 4.78 is 14.2. The number of nitrogens with zero attached hydrogens (tertiary/aromatic N) is 1. The van der Waals surface area contributed by atoms with E-state index in [4.69, 9.17) is 9.39 Å². The molecule has 0 aliphatic carbocycles. The van der Waals surface area contributed by atoms with Crippen LogP contribution in [-0.2, 0) is 15.9 Å². The maximum absolute atomic E-state index is 6.15. The fourth-order valence-corrected chi connectivity index (χ4v) is 3.72. The molecule has 0 fully saturated rings. The standard InChI is InChI=1S/C26H29BNO2/c1-25(2,29-5)26(3,4)30-27-20-12-10-11-19(17-20)18-28-23-15-8-6-13-21(23)22-14-7-9-16-24(22)28/h6-17H,18H2,1-5H3. The molecule has 0 bridgehead atoms. The van der Waals surface area contributed by atoms with Crippen LogP contribution < -0.4 is 5.46 Å². The zero-order chi connectivity index (χ0) is 21.4. The van der Waals surface area contributed by atoms with Crippen LogP contribution in [0.2, 0.25) is 0 Å². The molecule has 4 heteroatoms. The summed E-state index contributed by atoms with van der Waals surface area (Å²) in [4.78, 5) is 0. The van der Waals surface area contributed by atoms with Crippen molar-refractivity contribution in [3.63, 3.8) is 0 Å². The zero-order valence-corrected chi connectivity index (χ0v) is 18.5. The van der Waals surface area contributed by atoms with Gasteiger partial charge in [0.05, 0.1) is 11.2 Å². The van der Waals surface area contributed by atoms with Crippen LogP contribution in [0.1, 0.15) is 33.3 Å². The highest BCUT2D eigenvalue weighted by atomic mass is 16.5. The number of fused-ring (bicyclic) bond motifs is 3. The SMILES string of the molecule is COC(C)(C)C(C)(C)O[B]c1cccc(Cn2c3ccccc3c3ccccc32)c1. The largest absolute Gasteiger partial charge is 0.427 e. The van der Waals surface area contributed by atoms with Crippen molar-refractivity contribution >= 4 is 34.8 Å². The van der Waals surface area contributed by atoms with E-state index in [1.807, 2.05) is 21.3 Å². The average Bonchev–Trinajstić information content (AvgIpc) is 3.07. The fraction of sp³-hybridized carbons (Fsp3) is 0.308. The summed E-state index contributed by atoms with van der Waals surface area (Å²) in [5.74, 6) is 0. The van der Waals surface area contributed by atoms with Gasteiger partial charge in [0.15, 0.2) is 0 Å². The van der Waals surface area contributed by atoms with Crippen LogP contribution in [0.3, 0.4) is 0 Å². The van der Waals surface area contributed by atoms with Crippen molar-refractivity contribution in [3.8, 4) is 0 Å². The molecule has 3 aromatic carbocycles. The number of aromatic nitrogens is 1. The number of hydrogen-bond donors (Lipinski definition) is 0. The van der Waals surface area contributed by atoms with Gasteiger partial charge in [-0.3, -0.25) is 0 Å². The Hall–Kier alpha value is -2.56. The Labute approximate surface area is 179 Å². The first-order valence-corrected chi connectivity index (χ1v) is 10.4. The molecule has 0 aliphatic rings. The van der Waals surface area contributed by atoms with E-state index in [-0.39, 0.29) is 0 Å². The minimum atomic E-state index is -0.454. The van der Waals surface area contributed by atoms with Crippen molar-refractivity contribution in [2.75, 3.05) is 7.11 Å². The molecule has 0 unspecified atom stereocenters. The van der Waals surface area contributed by atoms with Gasteiger partial charge in [-0.05, 0) is 45.4 Å². The molecule has 1 heterocycles. The molecular weight excluding hydrogens is 369 g/mol. The summed E-state index contributed by atoms with van der Waals surface area (Å²) in [6.07, 6.45) is 0. The predicted molar refractivity (Wildman–Crippen MR) is 127 cm³/mol. The number of hydrogen-bond acceptors (Lipinski definition) is 2. The summed E-state index contributed by atoms with van der Waals surface area (Å²) in [6.45, 7) is 8.99. The van der Waals surface area contributed by atoms with Crippen LogP contribution in [0.15, 0.2) is 72.8 Å². The first kappa shape index (κ1) is 20.7. The molecule has 0 atom stereocenters. The van der Waals surface area contributed by atoms with Crippen molar-refractivity contribution in [1.29, 1.82) is 0 Å². The third kappa shape index (κ3) is 3.78. The van der Waals surface area contributed by atoms with Crippen LogP contribution in [-0.4, -0.2) is 30.4 Å². The van der Waals surface area contributed by atoms with Crippen molar-refractivity contribution in [3.05, 3.63) is 78.4 Å². The summed E-state index contributed by atoms with van der Waals surface area (Å²) in [6, 6.07) is 25.8. The van der Waals surface area contributed by atoms with E-state index < -0.39 is 11.2 Å². The summed E-state index contributed by atoms with van der Waals surface area (Å²) in [5, 5.41) is 2.59. The van der Waals surface area contributed by atoms with Crippen LogP contribution in [0.5, 0.6) is 0 Å². The predicted octanol–water partition coefficient (Wildman–Crippen LogP) is 5.31. The lowest BCUT2D eigenvalue weighted by Crippen LogP contribution is -2.50. The minimum Gasteiger partial charge on any atom is -0.427 e. The van der Waals surface area contributed by atoms with E-state index in [2.05, 4.69) is 91.2 Å². The van der Waals surface area contributed by atoms with Crippen molar-refractivity contribution < 1.29 is 9.39 Å². The van der Waals surface area contributed by atoms with Gasteiger partial charge in [-0.25, -0.2) is 0 Å². The first-order chi connectivity index (χ1) is 14.3. The zero-order valence-electron chi connectivity index (χ0n) is 18.5. The Morgan fingerprint density at radius 3 is 1.97 bits per heavy atom. The lowest BCUT2D eigenvalue weighted by molar-refractivity contribution is -0.114. The summed E-state index contributed by atoms with van der Waals surface area (Å²) in [5.41, 5.74) is 3.95. The number of rotatable bonds is 7. The second-order valence-corrected chi connectivity index (χ2v) is 8.83. The molecule has 4 aromatic rings. The van der Waals surface area contributed by atoms with E-state index >= 15 is 0 Å². The third-order valence-electron chi connectivity index (χ3n) is 6.42. The Morgan fingerprint density at radius 2 is 1.37 bits per heavy atom. The van der Waals surface area contributed by atoms with Gasteiger partial charge in [-0.2, -0.15) is 0 Å². The monoisotopic (exact) mass is 398 g/mol. The molecule has 30 heavy (non-hydrogen) atoms. The van der Waals surface area contributed by atoms with E-state index in [9.17, 15) is 0 Å². The second-order valence-electron chi connectivity index (χ2n) is 8.83. The number of benzene rings is 3. The normalized spacial score (nSPS) is 12.6. The molecule has 153 valence electrons. The fourth-order valence-electron chi connectivity index (χ4n) is 3.72. The lowest BCUT2D eigenvalue weighted by Gasteiger charge is -2.40. The first-order valence-electron chi connectivity index (χ1n) is 10.4. The van der Waals surface area contributed by atoms with Crippen molar-refractivity contribution in [2.45, 2.75) is 45.4 Å². The summed E-state index contributed by atoms with van der Waals surface area (Å²) in [7, 11) is 3.56. The van der Waals surface area contributed by atoms with Gasteiger partial charge < -0.3 is 14.0 Å². The highest BCUT2D eigenvalue weighted by Gasteiger charge is 2.37. The van der Waals surface area contributed by atoms with Crippen LogP contribution in [0, 0.1) is 0 Å². The molecule has 3 nitrogen and oxygen atoms in total. The van der Waals surface area contributed by atoms with Crippen molar-refractivity contribution in [1.82, 2.24) is 4.57 Å². The Balaban J connectivity index is 1.61. The molecule has 1 radical (unpaired) electrons. The van der Waals surface area contributed by atoms with Crippen LogP contribution in [0.25, 0.3) is 21.8 Å². The topological polar surface area (TPSA) is 23.4 Å². The van der Waals surface area contributed by atoms with Gasteiger partial charge >= 0.3 is 7.48 Å². The van der Waals surface area contributed by atoms with Gasteiger partial charge in [0, 0.05) is 35.5 Å². The number of para-hydroxylation sites is 2.